The van der Waals surface area contributed by atoms with Gasteiger partial charge in [0.05, 0.1) is 0 Å². The minimum atomic E-state index is 0.442. The topological polar surface area (TPSA) is 12.0 Å². The molecule has 0 bridgehead atoms. The number of hydrogen-bond donors (Lipinski definition) is 1. The molecule has 0 aromatic heterocycles. The van der Waals surface area contributed by atoms with Crippen molar-refractivity contribution in [3.05, 3.63) is 41.5 Å². The summed E-state index contributed by atoms with van der Waals surface area (Å²) in [6, 6.07) is 9.19. The van der Waals surface area contributed by atoms with Crippen molar-refractivity contribution in [2.75, 3.05) is 7.05 Å². The van der Waals surface area contributed by atoms with Gasteiger partial charge in [-0.2, -0.15) is 0 Å². The molecule has 0 radical (unpaired) electrons. The minimum absolute atomic E-state index is 0.442. The molecule has 1 aliphatic rings. The van der Waals surface area contributed by atoms with E-state index in [0.717, 1.165) is 5.92 Å². The van der Waals surface area contributed by atoms with Crippen molar-refractivity contribution in [2.45, 2.75) is 31.7 Å². The van der Waals surface area contributed by atoms with E-state index in [1.807, 2.05) is 7.05 Å². The summed E-state index contributed by atoms with van der Waals surface area (Å²) in [7, 11) is 1.99. The molecule has 1 nitrogen and oxygen atoms in total. The fourth-order valence-corrected chi connectivity index (χ4v) is 1.77. The van der Waals surface area contributed by atoms with Gasteiger partial charge in [-0.25, -0.2) is 0 Å². The molecule has 1 N–H and O–H groups in total. The Morgan fingerprint density at radius 2 is 2.07 bits per heavy atom. The number of nitrogens with one attached hydrogen (secondary N) is 1. The lowest BCUT2D eigenvalue weighted by atomic mass is 10.0. The Bertz CT molecular complexity index is 350. The van der Waals surface area contributed by atoms with Crippen molar-refractivity contribution >= 4 is 6.08 Å². The van der Waals surface area contributed by atoms with E-state index in [1.165, 1.54) is 24.0 Å². The summed E-state index contributed by atoms with van der Waals surface area (Å²) in [6.45, 7) is 2.16. The van der Waals surface area contributed by atoms with E-state index in [4.69, 9.17) is 0 Å². The highest BCUT2D eigenvalue weighted by Gasteiger charge is 2.24. The molecule has 1 atom stereocenters. The van der Waals surface area contributed by atoms with Crippen LogP contribution in [0.1, 0.15) is 36.8 Å². The van der Waals surface area contributed by atoms with Gasteiger partial charge in [0.25, 0.3) is 0 Å². The van der Waals surface area contributed by atoms with Crippen LogP contribution >= 0.6 is 0 Å². The lowest BCUT2D eigenvalue weighted by Gasteiger charge is -2.06. The van der Waals surface area contributed by atoms with Gasteiger partial charge in [0.1, 0.15) is 0 Å². The lowest BCUT2D eigenvalue weighted by Crippen LogP contribution is -2.17. The summed E-state index contributed by atoms with van der Waals surface area (Å²) >= 11 is 0. The molecule has 0 spiro atoms. The van der Waals surface area contributed by atoms with Gasteiger partial charge in [0.15, 0.2) is 0 Å². The Balaban J connectivity index is 2.16. The zero-order valence-electron chi connectivity index (χ0n) is 9.53. The summed E-state index contributed by atoms with van der Waals surface area (Å²) in [5, 5.41) is 3.21. The maximum Gasteiger partial charge on any atom is 0.0221 e. The fraction of sp³-hybridized carbons (Fsp3) is 0.429. The first kappa shape index (κ1) is 10.4. The van der Waals surface area contributed by atoms with Gasteiger partial charge >= 0.3 is 0 Å². The molecule has 1 aromatic rings. The molecule has 1 aromatic carbocycles. The lowest BCUT2D eigenvalue weighted by molar-refractivity contribution is 0.731. The Morgan fingerprint density at radius 3 is 2.73 bits per heavy atom. The van der Waals surface area contributed by atoms with Gasteiger partial charge in [-0.05, 0) is 43.9 Å². The predicted molar refractivity (Wildman–Crippen MR) is 66.0 cm³/mol. The summed E-state index contributed by atoms with van der Waals surface area (Å²) in [5.41, 5.74) is 2.92. The minimum Gasteiger partial charge on any atom is -0.314 e. The van der Waals surface area contributed by atoms with Crippen LogP contribution in [0.4, 0.5) is 0 Å². The van der Waals surface area contributed by atoms with Crippen molar-refractivity contribution in [2.24, 2.45) is 0 Å². The van der Waals surface area contributed by atoms with Crippen LogP contribution in [-0.2, 0) is 0 Å². The zero-order chi connectivity index (χ0) is 10.7. The number of benzene rings is 1. The molecule has 2 rings (SSSR count). The smallest absolute Gasteiger partial charge is 0.0221 e. The predicted octanol–water partition coefficient (Wildman–Crippen LogP) is 3.19. The third-order valence-corrected chi connectivity index (χ3v) is 3.03. The molecular weight excluding hydrogens is 182 g/mol. The van der Waals surface area contributed by atoms with Gasteiger partial charge < -0.3 is 5.32 Å². The van der Waals surface area contributed by atoms with Gasteiger partial charge in [-0.3, -0.25) is 0 Å². The third-order valence-electron chi connectivity index (χ3n) is 3.03. The summed E-state index contributed by atoms with van der Waals surface area (Å²) in [4.78, 5) is 0. The van der Waals surface area contributed by atoms with E-state index in [-0.39, 0.29) is 0 Å². The molecule has 80 valence electrons. The number of likely N-dealkylation sites (N-methyl/N-ethyl adjacent to an activating group) is 1. The maximum atomic E-state index is 3.21. The Kier molecular flexibility index (Phi) is 3.22. The van der Waals surface area contributed by atoms with Crippen LogP contribution in [0.25, 0.3) is 6.08 Å². The largest absolute Gasteiger partial charge is 0.314 e. The van der Waals surface area contributed by atoms with Crippen LogP contribution in [0.5, 0.6) is 0 Å². The highest BCUT2D eigenvalue weighted by Crippen LogP contribution is 2.41. The van der Waals surface area contributed by atoms with Gasteiger partial charge in [0, 0.05) is 6.04 Å². The van der Waals surface area contributed by atoms with Crippen molar-refractivity contribution in [3.8, 4) is 0 Å². The second-order valence-electron chi connectivity index (χ2n) is 4.34. The molecular formula is C14H19N. The standard InChI is InChI=1S/C14H19N/c1-11(15-2)7-8-12-5-3-4-6-14(12)13-9-10-13/h3-8,11,13,15H,9-10H2,1-2H3/b8-7+. The van der Waals surface area contributed by atoms with Crippen molar-refractivity contribution < 1.29 is 0 Å². The molecule has 1 aliphatic carbocycles. The van der Waals surface area contributed by atoms with Crippen LogP contribution in [-0.4, -0.2) is 13.1 Å². The maximum absolute atomic E-state index is 3.21. The second-order valence-corrected chi connectivity index (χ2v) is 4.34. The van der Waals surface area contributed by atoms with Gasteiger partial charge in [-0.15, -0.1) is 0 Å². The van der Waals surface area contributed by atoms with Crippen LogP contribution in [0.3, 0.4) is 0 Å². The first-order valence-electron chi connectivity index (χ1n) is 5.75. The SMILES string of the molecule is CNC(C)/C=C/c1ccccc1C1CC1. The summed E-state index contributed by atoms with van der Waals surface area (Å²) < 4.78 is 0. The van der Waals surface area contributed by atoms with Gasteiger partial charge in [0.2, 0.25) is 0 Å². The van der Waals surface area contributed by atoms with Crippen molar-refractivity contribution in [1.29, 1.82) is 0 Å². The molecule has 1 saturated carbocycles. The van der Waals surface area contributed by atoms with Gasteiger partial charge in [-0.1, -0.05) is 36.4 Å². The second kappa shape index (κ2) is 4.63. The number of hydrogen-bond acceptors (Lipinski definition) is 1. The van der Waals surface area contributed by atoms with Crippen LogP contribution in [0.2, 0.25) is 0 Å². The van der Waals surface area contributed by atoms with Crippen LogP contribution in [0, 0.1) is 0 Å². The normalized spacial score (nSPS) is 18.3. The monoisotopic (exact) mass is 201 g/mol. The third kappa shape index (κ3) is 2.69. The molecule has 0 amide bonds. The average Bonchev–Trinajstić information content (AvgIpc) is 3.10. The van der Waals surface area contributed by atoms with E-state index >= 15 is 0 Å². The highest BCUT2D eigenvalue weighted by atomic mass is 14.8. The molecule has 1 unspecified atom stereocenters. The summed E-state index contributed by atoms with van der Waals surface area (Å²) in [5.74, 6) is 0.829. The van der Waals surface area contributed by atoms with E-state index in [1.54, 1.807) is 0 Å². The van der Waals surface area contributed by atoms with E-state index < -0.39 is 0 Å². The molecule has 0 saturated heterocycles. The first-order chi connectivity index (χ1) is 7.31. The Morgan fingerprint density at radius 1 is 1.33 bits per heavy atom. The van der Waals surface area contributed by atoms with Crippen LogP contribution < -0.4 is 5.32 Å². The molecule has 0 heterocycles. The quantitative estimate of drug-likeness (QED) is 0.789. The fourth-order valence-electron chi connectivity index (χ4n) is 1.77. The van der Waals surface area contributed by atoms with E-state index in [0.29, 0.717) is 6.04 Å². The Hall–Kier alpha value is -1.08. The van der Waals surface area contributed by atoms with Crippen LogP contribution in [0.15, 0.2) is 30.3 Å². The molecule has 1 heteroatoms. The zero-order valence-corrected chi connectivity index (χ0v) is 9.53. The highest BCUT2D eigenvalue weighted by molar-refractivity contribution is 5.56. The molecule has 0 aliphatic heterocycles. The molecule has 15 heavy (non-hydrogen) atoms. The number of rotatable bonds is 4. The molecule has 1 fully saturated rings. The Labute approximate surface area is 92.2 Å². The average molecular weight is 201 g/mol. The summed E-state index contributed by atoms with van der Waals surface area (Å²) in [6.07, 6.45) is 7.20. The van der Waals surface area contributed by atoms with E-state index in [2.05, 4.69) is 48.7 Å². The van der Waals surface area contributed by atoms with Crippen molar-refractivity contribution in [3.63, 3.8) is 0 Å². The van der Waals surface area contributed by atoms with E-state index in [9.17, 15) is 0 Å². The first-order valence-corrected chi connectivity index (χ1v) is 5.75. The van der Waals surface area contributed by atoms with Crippen molar-refractivity contribution in [1.82, 2.24) is 5.32 Å².